The number of nitrogens with one attached hydrogen (secondary N) is 1. The lowest BCUT2D eigenvalue weighted by molar-refractivity contribution is -0.103. The first kappa shape index (κ1) is 16.2. The molecule has 3 atom stereocenters. The van der Waals surface area contributed by atoms with Crippen LogP contribution in [0, 0.1) is 5.41 Å². The molecule has 5 heteroatoms. The summed E-state index contributed by atoms with van der Waals surface area (Å²) >= 11 is 0. The van der Waals surface area contributed by atoms with Crippen LogP contribution >= 0.6 is 0 Å². The molecule has 20 heavy (non-hydrogen) atoms. The minimum atomic E-state index is -0.0401. The summed E-state index contributed by atoms with van der Waals surface area (Å²) in [4.78, 5) is 2.44. The van der Waals surface area contributed by atoms with Crippen molar-refractivity contribution in [1.29, 1.82) is 0 Å². The second-order valence-electron chi connectivity index (χ2n) is 6.42. The molecular formula is C15H30N2O3. The second-order valence-corrected chi connectivity index (χ2v) is 6.42. The molecule has 3 unspecified atom stereocenters. The molecule has 0 aliphatic carbocycles. The van der Waals surface area contributed by atoms with Crippen molar-refractivity contribution in [3.05, 3.63) is 0 Å². The molecule has 2 N–H and O–H groups in total. The first-order chi connectivity index (χ1) is 9.67. The van der Waals surface area contributed by atoms with Gasteiger partial charge in [-0.05, 0) is 26.3 Å². The Hall–Kier alpha value is -0.200. The van der Waals surface area contributed by atoms with Crippen LogP contribution in [0.3, 0.4) is 0 Å². The van der Waals surface area contributed by atoms with Crippen LogP contribution in [0.1, 0.15) is 26.7 Å². The number of ether oxygens (including phenoxy) is 2. The summed E-state index contributed by atoms with van der Waals surface area (Å²) in [6.07, 6.45) is 2.45. The Morgan fingerprint density at radius 2 is 2.25 bits per heavy atom. The minimum absolute atomic E-state index is 0.0401. The van der Waals surface area contributed by atoms with E-state index in [1.807, 2.05) is 0 Å². The lowest BCUT2D eigenvalue weighted by atomic mass is 9.86. The monoisotopic (exact) mass is 286 g/mol. The predicted molar refractivity (Wildman–Crippen MR) is 78.9 cm³/mol. The van der Waals surface area contributed by atoms with E-state index in [0.717, 1.165) is 58.8 Å². The summed E-state index contributed by atoms with van der Waals surface area (Å²) in [6.45, 7) is 11.0. The van der Waals surface area contributed by atoms with Gasteiger partial charge in [-0.1, -0.05) is 6.92 Å². The van der Waals surface area contributed by atoms with Gasteiger partial charge in [0.1, 0.15) is 0 Å². The van der Waals surface area contributed by atoms with Gasteiger partial charge in [0.2, 0.25) is 0 Å². The second kappa shape index (κ2) is 7.71. The van der Waals surface area contributed by atoms with Gasteiger partial charge in [-0.15, -0.1) is 0 Å². The van der Waals surface area contributed by atoms with Crippen molar-refractivity contribution in [1.82, 2.24) is 10.2 Å². The van der Waals surface area contributed by atoms with Gasteiger partial charge in [0.15, 0.2) is 0 Å². The van der Waals surface area contributed by atoms with E-state index < -0.39 is 0 Å². The fraction of sp³-hybridized carbons (Fsp3) is 1.00. The highest BCUT2D eigenvalue weighted by molar-refractivity contribution is 4.90. The molecule has 0 amide bonds. The summed E-state index contributed by atoms with van der Waals surface area (Å²) in [5, 5.41) is 12.9. The van der Waals surface area contributed by atoms with Gasteiger partial charge in [0.25, 0.3) is 0 Å². The van der Waals surface area contributed by atoms with Gasteiger partial charge < -0.3 is 19.9 Å². The fourth-order valence-electron chi connectivity index (χ4n) is 3.34. The largest absolute Gasteiger partial charge is 0.394 e. The van der Waals surface area contributed by atoms with E-state index in [2.05, 4.69) is 24.1 Å². The third kappa shape index (κ3) is 4.40. The maximum Gasteiger partial charge on any atom is 0.0936 e. The maximum atomic E-state index is 9.34. The zero-order valence-electron chi connectivity index (χ0n) is 12.9. The standard InChI is InChI=1S/C15H30N2O3/c1-3-5-16-10-15(4-6-19-12-15)11-17-7-13(2)20-14(8-17)9-18/h13-14,16,18H,3-12H2,1-2H3. The molecule has 2 aliphatic rings. The lowest BCUT2D eigenvalue weighted by Crippen LogP contribution is -2.53. The highest BCUT2D eigenvalue weighted by atomic mass is 16.5. The van der Waals surface area contributed by atoms with Gasteiger partial charge >= 0.3 is 0 Å². The summed E-state index contributed by atoms with van der Waals surface area (Å²) in [5.41, 5.74) is 0.228. The molecule has 2 fully saturated rings. The van der Waals surface area contributed by atoms with Crippen LogP contribution in [-0.2, 0) is 9.47 Å². The van der Waals surface area contributed by atoms with Crippen molar-refractivity contribution in [2.75, 3.05) is 52.5 Å². The molecular weight excluding hydrogens is 256 g/mol. The Labute approximate surface area is 122 Å². The minimum Gasteiger partial charge on any atom is -0.394 e. The van der Waals surface area contributed by atoms with Crippen molar-refractivity contribution < 1.29 is 14.6 Å². The van der Waals surface area contributed by atoms with Gasteiger partial charge in [-0.2, -0.15) is 0 Å². The zero-order valence-corrected chi connectivity index (χ0v) is 12.9. The highest BCUT2D eigenvalue weighted by Gasteiger charge is 2.38. The third-order valence-corrected chi connectivity index (χ3v) is 4.28. The Bertz CT molecular complexity index is 282. The molecule has 2 aliphatic heterocycles. The van der Waals surface area contributed by atoms with Crippen molar-refractivity contribution >= 4 is 0 Å². The van der Waals surface area contributed by atoms with Crippen molar-refractivity contribution in [2.45, 2.75) is 38.9 Å². The van der Waals surface area contributed by atoms with Gasteiger partial charge in [-0.25, -0.2) is 0 Å². The van der Waals surface area contributed by atoms with Crippen molar-refractivity contribution in [3.8, 4) is 0 Å². The van der Waals surface area contributed by atoms with Crippen molar-refractivity contribution in [3.63, 3.8) is 0 Å². The Balaban J connectivity index is 1.89. The van der Waals surface area contributed by atoms with Crippen LogP contribution < -0.4 is 5.32 Å². The number of rotatable bonds is 7. The molecule has 0 saturated carbocycles. The van der Waals surface area contributed by atoms with E-state index in [1.54, 1.807) is 0 Å². The quantitative estimate of drug-likeness (QED) is 0.667. The maximum absolute atomic E-state index is 9.34. The van der Waals surface area contributed by atoms with Crippen LogP contribution in [0.2, 0.25) is 0 Å². The van der Waals surface area contributed by atoms with E-state index >= 15 is 0 Å². The summed E-state index contributed by atoms with van der Waals surface area (Å²) in [7, 11) is 0. The molecule has 0 aromatic rings. The number of aliphatic hydroxyl groups is 1. The van der Waals surface area contributed by atoms with E-state index in [0.29, 0.717) is 0 Å². The predicted octanol–water partition coefficient (Wildman–Crippen LogP) is 0.474. The number of nitrogens with zero attached hydrogens (tertiary/aromatic N) is 1. The molecule has 0 aromatic carbocycles. The van der Waals surface area contributed by atoms with Gasteiger partial charge in [0.05, 0.1) is 25.4 Å². The van der Waals surface area contributed by atoms with Crippen LogP contribution in [0.4, 0.5) is 0 Å². The number of morpholine rings is 1. The average molecular weight is 286 g/mol. The average Bonchev–Trinajstić information content (AvgIpc) is 2.87. The molecule has 2 heterocycles. The van der Waals surface area contributed by atoms with Crippen LogP contribution in [0.25, 0.3) is 0 Å². The van der Waals surface area contributed by atoms with Crippen LogP contribution in [-0.4, -0.2) is 74.8 Å². The summed E-state index contributed by atoms with van der Waals surface area (Å²) < 4.78 is 11.4. The third-order valence-electron chi connectivity index (χ3n) is 4.28. The molecule has 2 saturated heterocycles. The molecule has 2 rings (SSSR count). The number of hydrogen-bond donors (Lipinski definition) is 2. The normalized spacial score (nSPS) is 35.5. The molecule has 0 radical (unpaired) electrons. The molecule has 0 spiro atoms. The number of hydrogen-bond acceptors (Lipinski definition) is 5. The van der Waals surface area contributed by atoms with E-state index in [-0.39, 0.29) is 24.2 Å². The van der Waals surface area contributed by atoms with E-state index in [9.17, 15) is 5.11 Å². The lowest BCUT2D eigenvalue weighted by Gasteiger charge is -2.41. The SMILES string of the molecule is CCCNCC1(CN2CC(C)OC(CO)C2)CCOC1. The van der Waals surface area contributed by atoms with E-state index in [1.165, 1.54) is 0 Å². The Morgan fingerprint density at radius 1 is 1.40 bits per heavy atom. The fourth-order valence-corrected chi connectivity index (χ4v) is 3.34. The van der Waals surface area contributed by atoms with Crippen LogP contribution in [0.5, 0.6) is 0 Å². The summed E-state index contributed by atoms with van der Waals surface area (Å²) in [6, 6.07) is 0. The number of aliphatic hydroxyl groups excluding tert-OH is 1. The molecule has 0 aromatic heterocycles. The van der Waals surface area contributed by atoms with Gasteiger partial charge in [-0.3, -0.25) is 4.90 Å². The zero-order chi connectivity index (χ0) is 14.4. The first-order valence-corrected chi connectivity index (χ1v) is 7.94. The molecule has 118 valence electrons. The van der Waals surface area contributed by atoms with Crippen LogP contribution in [0.15, 0.2) is 0 Å². The topological polar surface area (TPSA) is 54.0 Å². The molecule has 0 bridgehead atoms. The van der Waals surface area contributed by atoms with Gasteiger partial charge in [0, 0.05) is 38.2 Å². The molecule has 5 nitrogen and oxygen atoms in total. The smallest absolute Gasteiger partial charge is 0.0936 e. The first-order valence-electron chi connectivity index (χ1n) is 7.94. The summed E-state index contributed by atoms with van der Waals surface area (Å²) in [5.74, 6) is 0. The highest BCUT2D eigenvalue weighted by Crippen LogP contribution is 2.30. The Kier molecular flexibility index (Phi) is 6.23. The van der Waals surface area contributed by atoms with E-state index in [4.69, 9.17) is 9.47 Å². The van der Waals surface area contributed by atoms with Crippen molar-refractivity contribution in [2.24, 2.45) is 5.41 Å². The Morgan fingerprint density at radius 3 is 2.90 bits per heavy atom.